The molecule has 0 aromatic heterocycles. The number of anilines is 1. The molecule has 3 aliphatic rings. The molecule has 4 rings (SSSR count). The van der Waals surface area contributed by atoms with Gasteiger partial charge in [0.25, 0.3) is 0 Å². The van der Waals surface area contributed by atoms with Crippen molar-refractivity contribution in [3.8, 4) is 0 Å². The van der Waals surface area contributed by atoms with Gasteiger partial charge in [0.15, 0.2) is 0 Å². The van der Waals surface area contributed by atoms with Crippen molar-refractivity contribution in [3.63, 3.8) is 0 Å². The average Bonchev–Trinajstić information content (AvgIpc) is 3.03. The van der Waals surface area contributed by atoms with Gasteiger partial charge in [-0.2, -0.15) is 0 Å². The molecule has 3 atom stereocenters. The lowest BCUT2D eigenvalue weighted by atomic mass is 9.77. The van der Waals surface area contributed by atoms with Crippen LogP contribution < -0.4 is 10.6 Å². The number of fused-ring (bicyclic) bond motifs is 1. The number of carbonyl (C=O) groups is 2. The second kappa shape index (κ2) is 8.83. The summed E-state index contributed by atoms with van der Waals surface area (Å²) in [7, 11) is 0. The van der Waals surface area contributed by atoms with Crippen LogP contribution in [-0.2, 0) is 16.0 Å². The lowest BCUT2D eigenvalue weighted by Crippen LogP contribution is -2.50. The number of likely N-dealkylation sites (tertiary alicyclic amines) is 1. The average molecular weight is 406 g/mol. The number of nitrogens with two attached hydrogens (primary N) is 1. The third-order valence-corrected chi connectivity index (χ3v) is 6.70. The Bertz CT molecular complexity index is 717. The number of nitrogens with zero attached hydrogens (tertiary/aromatic N) is 2. The Morgan fingerprint density at radius 2 is 1.57 bits per heavy atom. The van der Waals surface area contributed by atoms with Crippen molar-refractivity contribution in [2.75, 3.05) is 18.0 Å². The summed E-state index contributed by atoms with van der Waals surface area (Å²) in [5.41, 5.74) is 8.27. The molecule has 2 amide bonds. The lowest BCUT2D eigenvalue weighted by Gasteiger charge is -2.38. The Balaban J connectivity index is 0.00000225. The SMILES string of the molecule is CC1Cc2ccccc2N1C(=O)C1CCCCC1C(=O)N1CCC(N)CC1.Cl. The predicted octanol–water partition coefficient (Wildman–Crippen LogP) is 3.14. The molecule has 1 aromatic carbocycles. The van der Waals surface area contributed by atoms with Crippen molar-refractivity contribution in [1.29, 1.82) is 0 Å². The molecule has 5 nitrogen and oxygen atoms in total. The highest BCUT2D eigenvalue weighted by molar-refractivity contribution is 6.00. The molecular formula is C22H32ClN3O2. The van der Waals surface area contributed by atoms with Crippen LogP contribution in [0.1, 0.15) is 51.0 Å². The molecule has 6 heteroatoms. The topological polar surface area (TPSA) is 66.6 Å². The number of para-hydroxylation sites is 1. The predicted molar refractivity (Wildman–Crippen MR) is 114 cm³/mol. The van der Waals surface area contributed by atoms with E-state index in [0.29, 0.717) is 0 Å². The summed E-state index contributed by atoms with van der Waals surface area (Å²) in [5, 5.41) is 0. The third kappa shape index (κ3) is 3.92. The van der Waals surface area contributed by atoms with Gasteiger partial charge in [-0.1, -0.05) is 31.0 Å². The summed E-state index contributed by atoms with van der Waals surface area (Å²) >= 11 is 0. The zero-order valence-electron chi connectivity index (χ0n) is 16.7. The zero-order valence-corrected chi connectivity index (χ0v) is 17.5. The van der Waals surface area contributed by atoms with Crippen LogP contribution in [0.2, 0.25) is 0 Å². The highest BCUT2D eigenvalue weighted by Gasteiger charge is 2.43. The quantitative estimate of drug-likeness (QED) is 0.821. The number of piperidine rings is 1. The summed E-state index contributed by atoms with van der Waals surface area (Å²) in [6.07, 6.45) is 6.38. The van der Waals surface area contributed by atoms with Crippen molar-refractivity contribution in [1.82, 2.24) is 4.90 Å². The summed E-state index contributed by atoms with van der Waals surface area (Å²) in [4.78, 5) is 30.7. The zero-order chi connectivity index (χ0) is 19.0. The molecule has 0 spiro atoms. The molecule has 1 aliphatic carbocycles. The van der Waals surface area contributed by atoms with Crippen LogP contribution in [0.4, 0.5) is 5.69 Å². The van der Waals surface area contributed by atoms with Crippen molar-refractivity contribution in [3.05, 3.63) is 29.8 Å². The molecule has 28 heavy (non-hydrogen) atoms. The Hall–Kier alpha value is -1.59. The van der Waals surface area contributed by atoms with Crippen LogP contribution >= 0.6 is 12.4 Å². The van der Waals surface area contributed by atoms with Crippen molar-refractivity contribution >= 4 is 29.9 Å². The molecule has 2 fully saturated rings. The van der Waals surface area contributed by atoms with E-state index in [4.69, 9.17) is 5.73 Å². The van der Waals surface area contributed by atoms with Gasteiger partial charge in [-0.3, -0.25) is 9.59 Å². The molecular weight excluding hydrogens is 374 g/mol. The normalized spacial score (nSPS) is 27.9. The second-order valence-corrected chi connectivity index (χ2v) is 8.55. The maximum Gasteiger partial charge on any atom is 0.231 e. The number of carbonyl (C=O) groups excluding carboxylic acids is 2. The lowest BCUT2D eigenvalue weighted by molar-refractivity contribution is -0.143. The van der Waals surface area contributed by atoms with Crippen molar-refractivity contribution < 1.29 is 9.59 Å². The van der Waals surface area contributed by atoms with Crippen LogP contribution in [0.5, 0.6) is 0 Å². The molecule has 0 radical (unpaired) electrons. The first-order valence-corrected chi connectivity index (χ1v) is 10.5. The largest absolute Gasteiger partial charge is 0.342 e. The first-order valence-electron chi connectivity index (χ1n) is 10.5. The van der Waals surface area contributed by atoms with E-state index in [2.05, 4.69) is 13.0 Å². The standard InChI is InChI=1S/C22H31N3O2.ClH/c1-15-14-16-6-2-5-9-20(16)25(15)22(27)19-8-4-3-7-18(19)21(26)24-12-10-17(23)11-13-24;/h2,5-6,9,15,17-19H,3-4,7-8,10-14,23H2,1H3;1H. The highest BCUT2D eigenvalue weighted by atomic mass is 35.5. The number of rotatable bonds is 2. The minimum absolute atomic E-state index is 0. The van der Waals surface area contributed by atoms with Gasteiger partial charge in [0.05, 0.1) is 5.92 Å². The monoisotopic (exact) mass is 405 g/mol. The number of hydrogen-bond acceptors (Lipinski definition) is 3. The van der Waals surface area contributed by atoms with Gasteiger partial charge in [0.2, 0.25) is 11.8 Å². The van der Waals surface area contributed by atoms with Crippen LogP contribution in [0.25, 0.3) is 0 Å². The van der Waals surface area contributed by atoms with Gasteiger partial charge in [0.1, 0.15) is 0 Å². The summed E-state index contributed by atoms with van der Waals surface area (Å²) in [6, 6.07) is 8.56. The summed E-state index contributed by atoms with van der Waals surface area (Å²) < 4.78 is 0. The van der Waals surface area contributed by atoms with Crippen LogP contribution in [0.3, 0.4) is 0 Å². The third-order valence-electron chi connectivity index (χ3n) is 6.70. The van der Waals surface area contributed by atoms with Gasteiger partial charge >= 0.3 is 0 Å². The van der Waals surface area contributed by atoms with Crippen LogP contribution in [0.15, 0.2) is 24.3 Å². The maximum absolute atomic E-state index is 13.6. The molecule has 2 N–H and O–H groups in total. The Kier molecular flexibility index (Phi) is 6.66. The fourth-order valence-corrected chi connectivity index (χ4v) is 5.16. The van der Waals surface area contributed by atoms with Gasteiger partial charge in [-0.15, -0.1) is 12.4 Å². The fraction of sp³-hybridized carbons (Fsp3) is 0.636. The Morgan fingerprint density at radius 1 is 0.964 bits per heavy atom. The van der Waals surface area contributed by atoms with E-state index >= 15 is 0 Å². The van der Waals surface area contributed by atoms with E-state index < -0.39 is 0 Å². The van der Waals surface area contributed by atoms with E-state index in [-0.39, 0.29) is 48.1 Å². The molecule has 2 aliphatic heterocycles. The van der Waals surface area contributed by atoms with Crippen LogP contribution in [0, 0.1) is 11.8 Å². The first kappa shape index (κ1) is 21.1. The molecule has 1 saturated heterocycles. The van der Waals surface area contributed by atoms with E-state index in [9.17, 15) is 9.59 Å². The smallest absolute Gasteiger partial charge is 0.231 e. The van der Waals surface area contributed by atoms with Crippen molar-refractivity contribution in [2.45, 2.75) is 64.0 Å². The highest BCUT2D eigenvalue weighted by Crippen LogP contribution is 2.38. The molecule has 3 unspecified atom stereocenters. The maximum atomic E-state index is 13.6. The Labute approximate surface area is 174 Å². The number of halogens is 1. The van der Waals surface area contributed by atoms with Gasteiger partial charge in [-0.25, -0.2) is 0 Å². The summed E-state index contributed by atoms with van der Waals surface area (Å²) in [5.74, 6) is -0.0183. The minimum atomic E-state index is -0.185. The summed E-state index contributed by atoms with van der Waals surface area (Å²) in [6.45, 7) is 3.59. The molecule has 2 heterocycles. The van der Waals surface area contributed by atoms with E-state index in [1.807, 2.05) is 28.0 Å². The number of amides is 2. The molecule has 0 bridgehead atoms. The number of benzene rings is 1. The molecule has 1 saturated carbocycles. The molecule has 1 aromatic rings. The first-order chi connectivity index (χ1) is 13.1. The van der Waals surface area contributed by atoms with Crippen molar-refractivity contribution in [2.24, 2.45) is 17.6 Å². The second-order valence-electron chi connectivity index (χ2n) is 8.55. The van der Waals surface area contributed by atoms with E-state index in [0.717, 1.165) is 63.7 Å². The number of hydrogen-bond donors (Lipinski definition) is 1. The van der Waals surface area contributed by atoms with Gasteiger partial charge < -0.3 is 15.5 Å². The van der Waals surface area contributed by atoms with E-state index in [1.165, 1.54) is 5.56 Å². The van der Waals surface area contributed by atoms with E-state index in [1.54, 1.807) is 0 Å². The van der Waals surface area contributed by atoms with Crippen LogP contribution in [-0.4, -0.2) is 41.9 Å². The van der Waals surface area contributed by atoms with Gasteiger partial charge in [-0.05, 0) is 50.7 Å². The Morgan fingerprint density at radius 3 is 2.25 bits per heavy atom. The molecule has 154 valence electrons. The minimum Gasteiger partial charge on any atom is -0.342 e. The van der Waals surface area contributed by atoms with Gasteiger partial charge in [0, 0.05) is 36.8 Å². The fourth-order valence-electron chi connectivity index (χ4n) is 5.16.